The van der Waals surface area contributed by atoms with Crippen molar-refractivity contribution in [2.24, 2.45) is 0 Å². The lowest BCUT2D eigenvalue weighted by Crippen LogP contribution is -2.30. The molecule has 2 N–H and O–H groups in total. The van der Waals surface area contributed by atoms with Crippen molar-refractivity contribution in [1.29, 1.82) is 0 Å². The molecule has 0 saturated carbocycles. The van der Waals surface area contributed by atoms with Crippen LogP contribution in [0.15, 0.2) is 48.5 Å². The summed E-state index contributed by atoms with van der Waals surface area (Å²) in [4.78, 5) is 67.2. The van der Waals surface area contributed by atoms with Gasteiger partial charge in [-0.2, -0.15) is 0 Å². The van der Waals surface area contributed by atoms with Crippen molar-refractivity contribution < 1.29 is 29.3 Å². The Morgan fingerprint density at radius 1 is 0.667 bits per heavy atom. The van der Waals surface area contributed by atoms with Crippen LogP contribution in [0.25, 0.3) is 11.1 Å². The Morgan fingerprint density at radius 2 is 1.25 bits per heavy atom. The van der Waals surface area contributed by atoms with E-state index >= 15 is 0 Å². The Labute approximate surface area is 197 Å². The Kier molecular flexibility index (Phi) is 5.53. The van der Waals surface area contributed by atoms with Crippen LogP contribution in [0.4, 0.5) is 28.4 Å². The lowest BCUT2D eigenvalue weighted by Gasteiger charge is -2.12. The number of nitrogens with zero attached hydrogens (tertiary/aromatic N) is 4. The van der Waals surface area contributed by atoms with Crippen molar-refractivity contribution in [3.8, 4) is 11.1 Å². The summed E-state index contributed by atoms with van der Waals surface area (Å²) < 4.78 is 0. The number of nitro groups is 4. The molecule has 3 aromatic carbocycles. The van der Waals surface area contributed by atoms with Crippen LogP contribution in [0.1, 0.15) is 26.3 Å². The van der Waals surface area contributed by atoms with Crippen molar-refractivity contribution in [2.45, 2.75) is 0 Å². The number of carbonyl (C=O) groups is 2. The molecule has 0 aromatic heterocycles. The second-order valence-corrected chi connectivity index (χ2v) is 7.28. The number of anilines is 1. The number of rotatable bonds is 7. The SMILES string of the molecule is O=C(NNc1ccc([N+](=O)[O-])cc1[N+](=O)[O-])c1cc([N+](=O)[O-])cc2c1-c1ccc([N+](=O)[O-])cc1C2=O. The van der Waals surface area contributed by atoms with Gasteiger partial charge in [-0.25, -0.2) is 0 Å². The molecule has 16 heteroatoms. The molecule has 0 bridgehead atoms. The molecule has 0 unspecified atom stereocenters. The van der Waals surface area contributed by atoms with Gasteiger partial charge in [-0.15, -0.1) is 0 Å². The normalized spacial score (nSPS) is 11.3. The number of nitrogens with one attached hydrogen (secondary N) is 2. The Morgan fingerprint density at radius 3 is 1.86 bits per heavy atom. The zero-order valence-electron chi connectivity index (χ0n) is 17.5. The van der Waals surface area contributed by atoms with Gasteiger partial charge in [0.1, 0.15) is 5.69 Å². The zero-order valence-corrected chi connectivity index (χ0v) is 17.5. The number of non-ortho nitro benzene ring substituents is 3. The average Bonchev–Trinajstić information content (AvgIpc) is 3.13. The maximum atomic E-state index is 13.0. The fourth-order valence-electron chi connectivity index (χ4n) is 3.66. The number of nitro benzene ring substituents is 4. The molecule has 0 atom stereocenters. The standard InChI is InChI=1S/C20H10N6O10/c27-19-13-5-9(23(29)30)1-3-12(13)18-14(19)6-11(25(33)34)7-15(18)20(28)22-21-16-4-2-10(24(31)32)8-17(16)26(35)36/h1-8,21H,(H,22,28). The van der Waals surface area contributed by atoms with E-state index in [9.17, 15) is 50.0 Å². The van der Waals surface area contributed by atoms with Crippen LogP contribution in [-0.4, -0.2) is 31.4 Å². The van der Waals surface area contributed by atoms with Crippen molar-refractivity contribution in [3.05, 3.63) is 106 Å². The fraction of sp³-hybridized carbons (Fsp3) is 0. The molecule has 36 heavy (non-hydrogen) atoms. The molecule has 0 aliphatic heterocycles. The fourth-order valence-corrected chi connectivity index (χ4v) is 3.66. The molecule has 0 fully saturated rings. The summed E-state index contributed by atoms with van der Waals surface area (Å²) in [6.07, 6.45) is 0. The molecule has 16 nitrogen and oxygen atoms in total. The van der Waals surface area contributed by atoms with Gasteiger partial charge in [-0.1, -0.05) is 0 Å². The Balaban J connectivity index is 1.76. The molecular weight excluding hydrogens is 484 g/mol. The highest BCUT2D eigenvalue weighted by atomic mass is 16.6. The van der Waals surface area contributed by atoms with Crippen molar-refractivity contribution in [2.75, 3.05) is 5.43 Å². The van der Waals surface area contributed by atoms with Gasteiger partial charge >= 0.3 is 5.69 Å². The summed E-state index contributed by atoms with van der Waals surface area (Å²) >= 11 is 0. The third-order valence-electron chi connectivity index (χ3n) is 5.25. The Bertz CT molecular complexity index is 1550. The highest BCUT2D eigenvalue weighted by Crippen LogP contribution is 2.42. The molecule has 1 aliphatic rings. The van der Waals surface area contributed by atoms with Gasteiger partial charge in [-0.3, -0.25) is 60.9 Å². The van der Waals surface area contributed by atoms with Crippen molar-refractivity contribution in [3.63, 3.8) is 0 Å². The summed E-state index contributed by atoms with van der Waals surface area (Å²) in [7, 11) is 0. The second kappa shape index (κ2) is 8.52. The number of ketones is 1. The summed E-state index contributed by atoms with van der Waals surface area (Å²) in [5.41, 5.74) is 1.11. The minimum Gasteiger partial charge on any atom is -0.292 e. The van der Waals surface area contributed by atoms with E-state index in [0.29, 0.717) is 6.07 Å². The summed E-state index contributed by atoms with van der Waals surface area (Å²) in [6.45, 7) is 0. The van der Waals surface area contributed by atoms with Gasteiger partial charge < -0.3 is 0 Å². The second-order valence-electron chi connectivity index (χ2n) is 7.28. The van der Waals surface area contributed by atoms with Crippen LogP contribution in [0.3, 0.4) is 0 Å². The van der Waals surface area contributed by atoms with Gasteiger partial charge in [0.25, 0.3) is 23.0 Å². The average molecular weight is 494 g/mol. The molecule has 4 rings (SSSR count). The first-order valence-corrected chi connectivity index (χ1v) is 9.64. The third kappa shape index (κ3) is 3.89. The number of benzene rings is 3. The lowest BCUT2D eigenvalue weighted by molar-refractivity contribution is -0.393. The zero-order chi connectivity index (χ0) is 26.3. The molecule has 1 amide bonds. The first-order valence-electron chi connectivity index (χ1n) is 9.64. The van der Waals surface area contributed by atoms with E-state index in [4.69, 9.17) is 0 Å². The lowest BCUT2D eigenvalue weighted by atomic mass is 9.98. The van der Waals surface area contributed by atoms with Crippen molar-refractivity contribution in [1.82, 2.24) is 5.43 Å². The van der Waals surface area contributed by atoms with Crippen LogP contribution in [0, 0.1) is 40.5 Å². The van der Waals surface area contributed by atoms with E-state index in [0.717, 1.165) is 36.4 Å². The number of amides is 1. The van der Waals surface area contributed by atoms with Gasteiger partial charge in [0.05, 0.1) is 31.3 Å². The number of carbonyl (C=O) groups excluding carboxylic acids is 2. The van der Waals surface area contributed by atoms with E-state index in [1.54, 1.807) is 0 Å². The van der Waals surface area contributed by atoms with E-state index in [2.05, 4.69) is 10.9 Å². The minimum absolute atomic E-state index is 0.0204. The predicted octanol–water partition coefficient (Wildman–Crippen LogP) is 3.29. The monoisotopic (exact) mass is 494 g/mol. The van der Waals surface area contributed by atoms with Gasteiger partial charge in [0, 0.05) is 47.0 Å². The third-order valence-corrected chi connectivity index (χ3v) is 5.25. The highest BCUT2D eigenvalue weighted by molar-refractivity contribution is 6.25. The summed E-state index contributed by atoms with van der Waals surface area (Å²) in [6, 6.07) is 7.74. The molecule has 180 valence electrons. The predicted molar refractivity (Wildman–Crippen MR) is 119 cm³/mol. The highest BCUT2D eigenvalue weighted by Gasteiger charge is 2.35. The number of hydrogen-bond acceptors (Lipinski definition) is 11. The molecule has 0 saturated heterocycles. The van der Waals surface area contributed by atoms with E-state index in [1.807, 2.05) is 0 Å². The quantitative estimate of drug-likeness (QED) is 0.279. The molecule has 0 spiro atoms. The van der Waals surface area contributed by atoms with Crippen LogP contribution < -0.4 is 10.9 Å². The number of hydrazine groups is 1. The Hall–Kier alpha value is -5.80. The maximum absolute atomic E-state index is 13.0. The minimum atomic E-state index is -1.04. The first-order chi connectivity index (χ1) is 17.0. The van der Waals surface area contributed by atoms with E-state index in [-0.39, 0.29) is 33.5 Å². The largest absolute Gasteiger partial charge is 0.300 e. The van der Waals surface area contributed by atoms with Gasteiger partial charge in [-0.05, 0) is 17.7 Å². The smallest absolute Gasteiger partial charge is 0.292 e. The molecule has 0 radical (unpaired) electrons. The van der Waals surface area contributed by atoms with Crippen LogP contribution in [0.2, 0.25) is 0 Å². The summed E-state index contributed by atoms with van der Waals surface area (Å²) in [5.74, 6) is -1.80. The number of hydrogen-bond donors (Lipinski definition) is 2. The molecular formula is C20H10N6O10. The van der Waals surface area contributed by atoms with Gasteiger partial charge in [0.15, 0.2) is 5.78 Å². The molecule has 3 aromatic rings. The number of fused-ring (bicyclic) bond motifs is 3. The summed E-state index contributed by atoms with van der Waals surface area (Å²) in [5, 5.41) is 44.7. The maximum Gasteiger partial charge on any atom is 0.300 e. The van der Waals surface area contributed by atoms with Gasteiger partial charge in [0.2, 0.25) is 0 Å². The van der Waals surface area contributed by atoms with Crippen LogP contribution in [0.5, 0.6) is 0 Å². The van der Waals surface area contributed by atoms with Crippen LogP contribution >= 0.6 is 0 Å². The van der Waals surface area contributed by atoms with Crippen LogP contribution in [-0.2, 0) is 0 Å². The van der Waals surface area contributed by atoms with E-state index in [1.165, 1.54) is 6.07 Å². The van der Waals surface area contributed by atoms with Crippen molar-refractivity contribution >= 4 is 40.1 Å². The topological polar surface area (TPSA) is 231 Å². The molecule has 1 aliphatic carbocycles. The molecule has 0 heterocycles. The first kappa shape index (κ1) is 23.4. The van der Waals surface area contributed by atoms with E-state index < -0.39 is 54.1 Å².